The van der Waals surface area contributed by atoms with E-state index in [1.165, 1.54) is 31.5 Å². The number of aryl methyl sites for hydroxylation is 3. The first kappa shape index (κ1) is 20.6. The van der Waals surface area contributed by atoms with Crippen LogP contribution in [0.5, 0.6) is 0 Å². The van der Waals surface area contributed by atoms with Crippen molar-refractivity contribution in [2.24, 2.45) is 11.8 Å². The summed E-state index contributed by atoms with van der Waals surface area (Å²) in [5.74, 6) is 1.93. The first-order valence-corrected chi connectivity index (χ1v) is 10.4. The molecule has 2 unspecified atom stereocenters. The van der Waals surface area contributed by atoms with Gasteiger partial charge in [-0.25, -0.2) is 0 Å². The highest BCUT2D eigenvalue weighted by atomic mass is 16.5. The summed E-state index contributed by atoms with van der Waals surface area (Å²) in [6, 6.07) is 8.86. The van der Waals surface area contributed by atoms with Gasteiger partial charge in [-0.15, -0.1) is 0 Å². The Morgan fingerprint density at radius 3 is 2.57 bits per heavy atom. The van der Waals surface area contributed by atoms with Gasteiger partial charge in [-0.05, 0) is 83.0 Å². The second-order valence-electron chi connectivity index (χ2n) is 8.50. The number of amides is 1. The highest BCUT2D eigenvalue weighted by Crippen LogP contribution is 2.28. The largest absolute Gasteiger partial charge is 0.361 e. The molecule has 1 aromatic heterocycles. The molecular weight excluding hydrogens is 350 g/mol. The van der Waals surface area contributed by atoms with Crippen LogP contribution in [0.1, 0.15) is 61.0 Å². The summed E-state index contributed by atoms with van der Waals surface area (Å²) in [6.45, 7) is 12.9. The molecule has 2 heterocycles. The molecule has 2 aromatic rings. The van der Waals surface area contributed by atoms with Gasteiger partial charge in [0.05, 0.1) is 5.69 Å². The molecule has 2 atom stereocenters. The van der Waals surface area contributed by atoms with Crippen molar-refractivity contribution in [3.8, 4) is 0 Å². The van der Waals surface area contributed by atoms with Crippen LogP contribution in [-0.4, -0.2) is 35.1 Å². The molecule has 1 aliphatic rings. The maximum absolute atomic E-state index is 12.4. The van der Waals surface area contributed by atoms with Crippen LogP contribution in [0.3, 0.4) is 0 Å². The summed E-state index contributed by atoms with van der Waals surface area (Å²) in [7, 11) is 0. The number of carbonyl (C=O) groups excluding carboxylic acids is 1. The molecule has 5 nitrogen and oxygen atoms in total. The number of likely N-dealkylation sites (tertiary alicyclic amines) is 1. The van der Waals surface area contributed by atoms with E-state index in [9.17, 15) is 4.79 Å². The molecule has 1 aromatic carbocycles. The molecular formula is C23H33N3O2. The number of hydrogen-bond donors (Lipinski definition) is 1. The summed E-state index contributed by atoms with van der Waals surface area (Å²) in [6.07, 6.45) is 3.62. The fourth-order valence-corrected chi connectivity index (χ4v) is 4.23. The van der Waals surface area contributed by atoms with E-state index in [-0.39, 0.29) is 5.91 Å². The van der Waals surface area contributed by atoms with Gasteiger partial charge in [-0.1, -0.05) is 24.2 Å². The maximum Gasteiger partial charge on any atom is 0.261 e. The Morgan fingerprint density at radius 1 is 1.29 bits per heavy atom. The molecule has 0 radical (unpaired) electrons. The summed E-state index contributed by atoms with van der Waals surface area (Å²) in [5.41, 5.74) is 3.26. The van der Waals surface area contributed by atoms with Crippen LogP contribution >= 0.6 is 0 Å². The van der Waals surface area contributed by atoms with Gasteiger partial charge in [0, 0.05) is 18.3 Å². The lowest BCUT2D eigenvalue weighted by Gasteiger charge is -2.39. The molecule has 1 fully saturated rings. The van der Waals surface area contributed by atoms with Crippen LogP contribution < -0.4 is 5.32 Å². The normalized spacial score (nSPS) is 20.5. The maximum atomic E-state index is 12.4. The number of carbonyl (C=O) groups is 1. The van der Waals surface area contributed by atoms with Crippen molar-refractivity contribution < 1.29 is 9.32 Å². The van der Waals surface area contributed by atoms with E-state index in [2.05, 4.69) is 48.3 Å². The smallest absolute Gasteiger partial charge is 0.261 e. The highest BCUT2D eigenvalue weighted by Gasteiger charge is 2.26. The summed E-state index contributed by atoms with van der Waals surface area (Å²) in [5, 5.41) is 6.78. The fraction of sp³-hybridized carbons (Fsp3) is 0.565. The van der Waals surface area contributed by atoms with E-state index in [0.717, 1.165) is 23.9 Å². The van der Waals surface area contributed by atoms with E-state index < -0.39 is 0 Å². The van der Waals surface area contributed by atoms with Crippen molar-refractivity contribution in [3.63, 3.8) is 0 Å². The Hall–Kier alpha value is -2.14. The van der Waals surface area contributed by atoms with Crippen molar-refractivity contribution in [2.75, 3.05) is 18.4 Å². The van der Waals surface area contributed by atoms with Crippen LogP contribution in [0, 0.1) is 25.7 Å². The van der Waals surface area contributed by atoms with Crippen molar-refractivity contribution in [2.45, 2.75) is 59.9 Å². The molecule has 1 saturated heterocycles. The minimum Gasteiger partial charge on any atom is -0.361 e. The molecule has 1 N–H and O–H groups in total. The number of nitrogens with one attached hydrogen (secondary N) is 1. The monoisotopic (exact) mass is 383 g/mol. The van der Waals surface area contributed by atoms with Gasteiger partial charge in [0.2, 0.25) is 0 Å². The summed E-state index contributed by atoms with van der Waals surface area (Å²) < 4.78 is 5.08. The van der Waals surface area contributed by atoms with Crippen LogP contribution in [0.25, 0.3) is 0 Å². The Bertz CT molecular complexity index is 775. The van der Waals surface area contributed by atoms with Gasteiger partial charge in [-0.2, -0.15) is 0 Å². The fourth-order valence-electron chi connectivity index (χ4n) is 4.23. The topological polar surface area (TPSA) is 58.4 Å². The Labute approximate surface area is 168 Å². The third kappa shape index (κ3) is 4.82. The quantitative estimate of drug-likeness (QED) is 0.775. The average molecular weight is 384 g/mol. The van der Waals surface area contributed by atoms with Crippen LogP contribution in [0.15, 0.2) is 28.8 Å². The zero-order valence-electron chi connectivity index (χ0n) is 17.8. The van der Waals surface area contributed by atoms with Crippen molar-refractivity contribution in [3.05, 3.63) is 46.8 Å². The lowest BCUT2D eigenvalue weighted by molar-refractivity contribution is 0.0981. The number of benzene rings is 1. The first-order valence-electron chi connectivity index (χ1n) is 10.4. The molecule has 0 aliphatic carbocycles. The number of aromatic nitrogens is 1. The molecule has 152 valence electrons. The molecule has 5 heteroatoms. The third-order valence-electron chi connectivity index (χ3n) is 6.12. The highest BCUT2D eigenvalue weighted by molar-refractivity contribution is 6.05. The average Bonchev–Trinajstić information content (AvgIpc) is 3.00. The molecule has 0 bridgehead atoms. The number of anilines is 1. The van der Waals surface area contributed by atoms with Gasteiger partial charge in [0.25, 0.3) is 5.91 Å². The van der Waals surface area contributed by atoms with E-state index >= 15 is 0 Å². The van der Waals surface area contributed by atoms with Gasteiger partial charge >= 0.3 is 0 Å². The van der Waals surface area contributed by atoms with Crippen molar-refractivity contribution >= 4 is 11.6 Å². The van der Waals surface area contributed by atoms with Gasteiger partial charge in [-0.3, -0.25) is 4.79 Å². The predicted molar refractivity (Wildman–Crippen MR) is 113 cm³/mol. The molecule has 3 rings (SSSR count). The standard InChI is InChI=1S/C23H33N3O2/c1-15(2)26-13-12-20(16(3)14-26)9-6-19-7-10-21(11-8-19)24-23(27)22-17(4)25-28-18(22)5/h7-8,10-11,15-16,20H,6,9,12-14H2,1-5H3,(H,24,27). The molecule has 0 saturated carbocycles. The lowest BCUT2D eigenvalue weighted by atomic mass is 9.82. The van der Waals surface area contributed by atoms with Gasteiger partial charge in [0.15, 0.2) is 0 Å². The third-order valence-corrected chi connectivity index (χ3v) is 6.12. The number of rotatable bonds is 6. The zero-order valence-corrected chi connectivity index (χ0v) is 17.8. The van der Waals surface area contributed by atoms with E-state index in [0.29, 0.717) is 23.1 Å². The van der Waals surface area contributed by atoms with E-state index in [4.69, 9.17) is 4.52 Å². The molecule has 1 aliphatic heterocycles. The first-order chi connectivity index (χ1) is 13.3. The van der Waals surface area contributed by atoms with Crippen LogP contribution in [-0.2, 0) is 6.42 Å². The predicted octanol–water partition coefficient (Wildman–Crippen LogP) is 4.84. The molecule has 1 amide bonds. The van der Waals surface area contributed by atoms with Crippen LogP contribution in [0.2, 0.25) is 0 Å². The second-order valence-corrected chi connectivity index (χ2v) is 8.50. The van der Waals surface area contributed by atoms with Crippen molar-refractivity contribution in [1.29, 1.82) is 0 Å². The van der Waals surface area contributed by atoms with E-state index in [1.807, 2.05) is 12.1 Å². The Balaban J connectivity index is 1.52. The van der Waals surface area contributed by atoms with E-state index in [1.54, 1.807) is 13.8 Å². The van der Waals surface area contributed by atoms with Gasteiger partial charge in [0.1, 0.15) is 11.3 Å². The SMILES string of the molecule is Cc1noc(C)c1C(=O)Nc1ccc(CCC2CCN(C(C)C)CC2C)cc1. The van der Waals surface area contributed by atoms with Gasteiger partial charge < -0.3 is 14.7 Å². The zero-order chi connectivity index (χ0) is 20.3. The minimum absolute atomic E-state index is 0.172. The summed E-state index contributed by atoms with van der Waals surface area (Å²) >= 11 is 0. The number of piperidine rings is 1. The Kier molecular flexibility index (Phi) is 6.55. The molecule has 28 heavy (non-hydrogen) atoms. The van der Waals surface area contributed by atoms with Crippen molar-refractivity contribution in [1.82, 2.24) is 10.1 Å². The lowest BCUT2D eigenvalue weighted by Crippen LogP contribution is -2.43. The number of nitrogens with zero attached hydrogens (tertiary/aromatic N) is 2. The second kappa shape index (κ2) is 8.91. The molecule has 0 spiro atoms. The minimum atomic E-state index is -0.172. The Morgan fingerprint density at radius 2 is 2.00 bits per heavy atom. The number of hydrogen-bond acceptors (Lipinski definition) is 4. The summed E-state index contributed by atoms with van der Waals surface area (Å²) in [4.78, 5) is 15.0. The van der Waals surface area contributed by atoms with Crippen LogP contribution in [0.4, 0.5) is 5.69 Å².